The number of aliphatic hydroxyl groups is 2. The van der Waals surface area contributed by atoms with E-state index >= 15 is 0 Å². The zero-order chi connectivity index (χ0) is 7.98. The topological polar surface area (TPSA) is 52.5 Å². The van der Waals surface area contributed by atoms with Crippen LogP contribution in [0.15, 0.2) is 0 Å². The predicted molar refractivity (Wildman–Crippen MR) is 40.8 cm³/mol. The van der Waals surface area contributed by atoms with Gasteiger partial charge < -0.3 is 15.5 Å². The minimum atomic E-state index is -0.633. The number of hydrogen-bond donors (Lipinski definition) is 3. The molecule has 0 heterocycles. The van der Waals surface area contributed by atoms with Gasteiger partial charge in [0.05, 0.1) is 12.7 Å². The molecule has 0 aliphatic rings. The Balaban J connectivity index is 3.31. The normalized spacial score (nSPS) is 16.8. The van der Waals surface area contributed by atoms with E-state index in [9.17, 15) is 0 Å². The van der Waals surface area contributed by atoms with Crippen LogP contribution in [0.2, 0.25) is 0 Å². The maximum absolute atomic E-state index is 9.04. The Morgan fingerprint density at radius 1 is 1.50 bits per heavy atom. The van der Waals surface area contributed by atoms with Crippen LogP contribution in [0, 0.1) is 0 Å². The highest BCUT2D eigenvalue weighted by Crippen LogP contribution is 1.90. The highest BCUT2D eigenvalue weighted by atomic mass is 16.3. The van der Waals surface area contributed by atoms with Crippen molar-refractivity contribution in [3.05, 3.63) is 0 Å². The Bertz CT molecular complexity index is 78.0. The van der Waals surface area contributed by atoms with Crippen molar-refractivity contribution in [1.82, 2.24) is 5.32 Å². The van der Waals surface area contributed by atoms with Gasteiger partial charge in [0.2, 0.25) is 0 Å². The molecule has 0 aliphatic heterocycles. The monoisotopic (exact) mass is 147 g/mol. The number of aliphatic hydroxyl groups excluding tert-OH is 2. The lowest BCUT2D eigenvalue weighted by Crippen LogP contribution is -2.39. The lowest BCUT2D eigenvalue weighted by atomic mass is 10.2. The van der Waals surface area contributed by atoms with E-state index in [-0.39, 0.29) is 12.6 Å². The molecule has 0 rings (SSSR count). The van der Waals surface area contributed by atoms with Gasteiger partial charge in [-0.05, 0) is 19.9 Å². The van der Waals surface area contributed by atoms with Gasteiger partial charge in [0.1, 0.15) is 0 Å². The molecular formula is C7H17NO2. The first-order valence-electron chi connectivity index (χ1n) is 3.74. The second-order valence-corrected chi connectivity index (χ2v) is 2.49. The summed E-state index contributed by atoms with van der Waals surface area (Å²) in [5.74, 6) is 0. The van der Waals surface area contributed by atoms with E-state index in [0.29, 0.717) is 0 Å². The van der Waals surface area contributed by atoms with Gasteiger partial charge in [-0.15, -0.1) is 0 Å². The lowest BCUT2D eigenvalue weighted by molar-refractivity contribution is 0.0682. The molecule has 0 saturated heterocycles. The summed E-state index contributed by atoms with van der Waals surface area (Å²) in [6, 6.07) is -0.00931. The molecule has 0 saturated carbocycles. The smallest absolute Gasteiger partial charge is 0.0920 e. The van der Waals surface area contributed by atoms with Crippen molar-refractivity contribution in [1.29, 1.82) is 0 Å². The van der Waals surface area contributed by atoms with Gasteiger partial charge in [-0.25, -0.2) is 0 Å². The van der Waals surface area contributed by atoms with E-state index in [1.807, 2.05) is 6.92 Å². The minimum absolute atomic E-state index is 0.00931. The van der Waals surface area contributed by atoms with Crippen molar-refractivity contribution in [2.45, 2.75) is 32.4 Å². The molecular weight excluding hydrogens is 130 g/mol. The summed E-state index contributed by atoms with van der Waals surface area (Å²) < 4.78 is 0. The first kappa shape index (κ1) is 9.88. The SMILES string of the molecule is CCCNC(C)C(O)CO. The Kier molecular flexibility index (Phi) is 5.58. The van der Waals surface area contributed by atoms with Crippen LogP contribution in [0.5, 0.6) is 0 Å². The third kappa shape index (κ3) is 3.82. The number of hydrogen-bond acceptors (Lipinski definition) is 3. The van der Waals surface area contributed by atoms with Crippen LogP contribution in [0.3, 0.4) is 0 Å². The molecule has 0 aromatic rings. The highest BCUT2D eigenvalue weighted by molar-refractivity contribution is 4.68. The molecule has 0 radical (unpaired) electrons. The molecule has 2 unspecified atom stereocenters. The van der Waals surface area contributed by atoms with Gasteiger partial charge in [-0.3, -0.25) is 0 Å². The van der Waals surface area contributed by atoms with Crippen LogP contribution >= 0.6 is 0 Å². The van der Waals surface area contributed by atoms with Crippen LogP contribution in [-0.2, 0) is 0 Å². The van der Waals surface area contributed by atoms with Crippen LogP contribution in [0.1, 0.15) is 20.3 Å². The predicted octanol–water partition coefficient (Wildman–Crippen LogP) is -0.272. The summed E-state index contributed by atoms with van der Waals surface area (Å²) in [4.78, 5) is 0. The first-order chi connectivity index (χ1) is 4.72. The average molecular weight is 147 g/mol. The second-order valence-electron chi connectivity index (χ2n) is 2.49. The summed E-state index contributed by atoms with van der Waals surface area (Å²) >= 11 is 0. The molecule has 2 atom stereocenters. The van der Waals surface area contributed by atoms with E-state index in [1.165, 1.54) is 0 Å². The first-order valence-corrected chi connectivity index (χ1v) is 3.74. The van der Waals surface area contributed by atoms with Crippen LogP contribution in [0.25, 0.3) is 0 Å². The standard InChI is InChI=1S/C7H17NO2/c1-3-4-8-6(2)7(10)5-9/h6-10H,3-5H2,1-2H3. The van der Waals surface area contributed by atoms with Crippen molar-refractivity contribution < 1.29 is 10.2 Å². The molecule has 0 bridgehead atoms. The van der Waals surface area contributed by atoms with Crippen molar-refractivity contribution in [2.75, 3.05) is 13.2 Å². The summed E-state index contributed by atoms with van der Waals surface area (Å²) in [5.41, 5.74) is 0. The fourth-order valence-electron chi connectivity index (χ4n) is 0.666. The number of rotatable bonds is 5. The van der Waals surface area contributed by atoms with E-state index in [4.69, 9.17) is 10.2 Å². The molecule has 3 N–H and O–H groups in total. The molecule has 10 heavy (non-hydrogen) atoms. The van der Waals surface area contributed by atoms with Gasteiger partial charge in [0.25, 0.3) is 0 Å². The van der Waals surface area contributed by atoms with Crippen molar-refractivity contribution >= 4 is 0 Å². The third-order valence-corrected chi connectivity index (χ3v) is 1.48. The van der Waals surface area contributed by atoms with E-state index in [1.54, 1.807) is 0 Å². The largest absolute Gasteiger partial charge is 0.394 e. The maximum atomic E-state index is 9.04. The minimum Gasteiger partial charge on any atom is -0.394 e. The Hall–Kier alpha value is -0.120. The average Bonchev–Trinajstić information content (AvgIpc) is 1.98. The third-order valence-electron chi connectivity index (χ3n) is 1.48. The molecule has 3 nitrogen and oxygen atoms in total. The Morgan fingerprint density at radius 3 is 2.50 bits per heavy atom. The summed E-state index contributed by atoms with van der Waals surface area (Å²) in [6.07, 6.45) is 0.411. The molecule has 0 fully saturated rings. The second kappa shape index (κ2) is 5.65. The van der Waals surface area contributed by atoms with Gasteiger partial charge in [0, 0.05) is 6.04 Å². The van der Waals surface area contributed by atoms with Gasteiger partial charge in [-0.1, -0.05) is 6.92 Å². The van der Waals surface area contributed by atoms with Gasteiger partial charge in [-0.2, -0.15) is 0 Å². The highest BCUT2D eigenvalue weighted by Gasteiger charge is 2.10. The van der Waals surface area contributed by atoms with Crippen LogP contribution in [-0.4, -0.2) is 35.5 Å². The lowest BCUT2D eigenvalue weighted by Gasteiger charge is -2.17. The van der Waals surface area contributed by atoms with E-state index in [0.717, 1.165) is 13.0 Å². The molecule has 3 heteroatoms. The van der Waals surface area contributed by atoms with Crippen molar-refractivity contribution in [3.63, 3.8) is 0 Å². The Morgan fingerprint density at radius 2 is 2.10 bits per heavy atom. The summed E-state index contributed by atoms with van der Waals surface area (Å²) in [5, 5.41) is 20.6. The fraction of sp³-hybridized carbons (Fsp3) is 1.00. The summed E-state index contributed by atoms with van der Waals surface area (Å²) in [6.45, 7) is 4.64. The van der Waals surface area contributed by atoms with E-state index < -0.39 is 6.10 Å². The van der Waals surface area contributed by atoms with Gasteiger partial charge >= 0.3 is 0 Å². The molecule has 62 valence electrons. The van der Waals surface area contributed by atoms with Gasteiger partial charge in [0.15, 0.2) is 0 Å². The van der Waals surface area contributed by atoms with Crippen LogP contribution in [0.4, 0.5) is 0 Å². The molecule has 0 aliphatic carbocycles. The molecule has 0 spiro atoms. The molecule has 0 aromatic carbocycles. The zero-order valence-electron chi connectivity index (χ0n) is 6.67. The quantitative estimate of drug-likeness (QED) is 0.501. The summed E-state index contributed by atoms with van der Waals surface area (Å²) in [7, 11) is 0. The number of nitrogens with one attached hydrogen (secondary N) is 1. The van der Waals surface area contributed by atoms with Crippen LogP contribution < -0.4 is 5.32 Å². The maximum Gasteiger partial charge on any atom is 0.0920 e. The molecule has 0 aromatic heterocycles. The molecule has 0 amide bonds. The zero-order valence-corrected chi connectivity index (χ0v) is 6.67. The fourth-order valence-corrected chi connectivity index (χ4v) is 0.666. The Labute approximate surface area is 62.1 Å². The van der Waals surface area contributed by atoms with Crippen molar-refractivity contribution in [2.24, 2.45) is 0 Å². The van der Waals surface area contributed by atoms with Crippen molar-refractivity contribution in [3.8, 4) is 0 Å². The van der Waals surface area contributed by atoms with E-state index in [2.05, 4.69) is 12.2 Å².